The van der Waals surface area contributed by atoms with Crippen molar-refractivity contribution in [2.45, 2.75) is 18.9 Å². The number of methoxy groups -OCH3 is 1. The summed E-state index contributed by atoms with van der Waals surface area (Å²) in [6, 6.07) is 10.4. The summed E-state index contributed by atoms with van der Waals surface area (Å²) in [7, 11) is 1.70. The van der Waals surface area contributed by atoms with Gasteiger partial charge in [-0.3, -0.25) is 0 Å². The van der Waals surface area contributed by atoms with Crippen molar-refractivity contribution in [1.82, 2.24) is 9.97 Å². The van der Waals surface area contributed by atoms with Gasteiger partial charge < -0.3 is 24.5 Å². The van der Waals surface area contributed by atoms with Crippen molar-refractivity contribution in [3.8, 4) is 5.75 Å². The molecular weight excluding hydrogens is 354 g/mol. The van der Waals surface area contributed by atoms with E-state index in [0.717, 1.165) is 69.5 Å². The van der Waals surface area contributed by atoms with Crippen molar-refractivity contribution in [2.75, 3.05) is 61.1 Å². The molecule has 2 aromatic rings. The van der Waals surface area contributed by atoms with Gasteiger partial charge in [0.25, 0.3) is 0 Å². The normalized spacial score (nSPS) is 21.4. The second kappa shape index (κ2) is 6.81. The molecule has 3 aliphatic rings. The number of benzene rings is 1. The van der Waals surface area contributed by atoms with Gasteiger partial charge in [0, 0.05) is 56.4 Å². The molecule has 0 atom stereocenters. The van der Waals surface area contributed by atoms with E-state index in [1.807, 2.05) is 12.1 Å². The Morgan fingerprint density at radius 1 is 0.929 bits per heavy atom. The van der Waals surface area contributed by atoms with Crippen LogP contribution in [0.4, 0.5) is 17.3 Å². The predicted molar refractivity (Wildman–Crippen MR) is 109 cm³/mol. The first kappa shape index (κ1) is 17.6. The summed E-state index contributed by atoms with van der Waals surface area (Å²) < 4.78 is 5.24. The molecule has 0 aliphatic carbocycles. The van der Waals surface area contributed by atoms with Gasteiger partial charge in [-0.15, -0.1) is 0 Å². The van der Waals surface area contributed by atoms with Crippen LogP contribution in [0.5, 0.6) is 5.75 Å². The molecule has 1 aromatic heterocycles. The number of ether oxygens (including phenoxy) is 1. The van der Waals surface area contributed by atoms with E-state index >= 15 is 0 Å². The molecule has 0 unspecified atom stereocenters. The van der Waals surface area contributed by atoms with Gasteiger partial charge in [0.2, 0.25) is 0 Å². The van der Waals surface area contributed by atoms with Crippen LogP contribution < -0.4 is 19.4 Å². The monoisotopic (exact) mass is 381 g/mol. The standard InChI is InChI=1S/C21H27N5O2/c1-28-18-4-2-16(3-5-18)25-11-21(12-25)13-26(14-21)20-10-19(22-15-23-20)24-8-6-17(27)7-9-24/h2-5,10,15,17,27H,6-9,11-14H2,1H3. The zero-order valence-electron chi connectivity index (χ0n) is 16.3. The fourth-order valence-corrected chi connectivity index (χ4v) is 4.64. The SMILES string of the molecule is COc1ccc(N2CC3(C2)CN(c2cc(N4CCC(O)CC4)ncn2)C3)cc1. The van der Waals surface area contributed by atoms with Gasteiger partial charge in [-0.1, -0.05) is 0 Å². The first-order chi connectivity index (χ1) is 13.6. The zero-order chi connectivity index (χ0) is 19.1. The number of aromatic nitrogens is 2. The van der Waals surface area contributed by atoms with E-state index in [1.54, 1.807) is 13.4 Å². The number of nitrogens with zero attached hydrogens (tertiary/aromatic N) is 5. The Morgan fingerprint density at radius 2 is 1.54 bits per heavy atom. The molecule has 7 heteroatoms. The van der Waals surface area contributed by atoms with E-state index in [2.05, 4.69) is 42.9 Å². The van der Waals surface area contributed by atoms with Gasteiger partial charge in [-0.05, 0) is 37.1 Å². The molecule has 0 amide bonds. The fraction of sp³-hybridized carbons (Fsp3) is 0.524. The van der Waals surface area contributed by atoms with Gasteiger partial charge >= 0.3 is 0 Å². The molecule has 1 aromatic carbocycles. The van der Waals surface area contributed by atoms with E-state index in [1.165, 1.54) is 5.69 Å². The summed E-state index contributed by atoms with van der Waals surface area (Å²) in [5.41, 5.74) is 1.65. The Balaban J connectivity index is 1.18. The third kappa shape index (κ3) is 3.13. The van der Waals surface area contributed by atoms with Crippen LogP contribution in [0.1, 0.15) is 12.8 Å². The Kier molecular flexibility index (Phi) is 4.27. The molecular formula is C21H27N5O2. The fourth-order valence-electron chi connectivity index (χ4n) is 4.64. The molecule has 28 heavy (non-hydrogen) atoms. The Bertz CT molecular complexity index is 821. The van der Waals surface area contributed by atoms with Crippen LogP contribution in [0.25, 0.3) is 0 Å². The van der Waals surface area contributed by atoms with Crippen LogP contribution in [0, 0.1) is 5.41 Å². The second-order valence-electron chi connectivity index (χ2n) is 8.36. The highest BCUT2D eigenvalue weighted by molar-refractivity contribution is 5.57. The smallest absolute Gasteiger partial charge is 0.134 e. The van der Waals surface area contributed by atoms with Gasteiger partial charge in [0.1, 0.15) is 23.7 Å². The van der Waals surface area contributed by atoms with Crippen LogP contribution in [-0.4, -0.2) is 67.6 Å². The van der Waals surface area contributed by atoms with Crippen LogP contribution in [0.15, 0.2) is 36.7 Å². The first-order valence-electron chi connectivity index (χ1n) is 10.0. The third-order valence-corrected chi connectivity index (χ3v) is 6.29. The highest BCUT2D eigenvalue weighted by atomic mass is 16.5. The number of hydrogen-bond acceptors (Lipinski definition) is 7. The minimum Gasteiger partial charge on any atom is -0.497 e. The number of rotatable bonds is 4. The van der Waals surface area contributed by atoms with Crippen molar-refractivity contribution in [3.05, 3.63) is 36.7 Å². The van der Waals surface area contributed by atoms with Crippen LogP contribution in [0.2, 0.25) is 0 Å². The van der Waals surface area contributed by atoms with Crippen LogP contribution >= 0.6 is 0 Å². The zero-order valence-corrected chi connectivity index (χ0v) is 16.3. The van der Waals surface area contributed by atoms with E-state index in [0.29, 0.717) is 5.41 Å². The summed E-state index contributed by atoms with van der Waals surface area (Å²) in [5.74, 6) is 2.90. The summed E-state index contributed by atoms with van der Waals surface area (Å²) in [4.78, 5) is 16.0. The largest absolute Gasteiger partial charge is 0.497 e. The third-order valence-electron chi connectivity index (χ3n) is 6.29. The number of aliphatic hydroxyl groups is 1. The number of anilines is 3. The average molecular weight is 381 g/mol. The minimum absolute atomic E-state index is 0.167. The molecule has 1 N–H and O–H groups in total. The predicted octanol–water partition coefficient (Wildman–Crippen LogP) is 1.77. The Hall–Kier alpha value is -2.54. The van der Waals surface area contributed by atoms with E-state index in [9.17, 15) is 5.11 Å². The molecule has 148 valence electrons. The lowest BCUT2D eigenvalue weighted by atomic mass is 9.72. The molecule has 5 rings (SSSR count). The molecule has 0 saturated carbocycles. The molecule has 3 aliphatic heterocycles. The summed E-state index contributed by atoms with van der Waals surface area (Å²) in [5, 5.41) is 9.71. The van der Waals surface area contributed by atoms with E-state index in [-0.39, 0.29) is 6.10 Å². The number of piperidine rings is 1. The molecule has 7 nitrogen and oxygen atoms in total. The molecule has 0 radical (unpaired) electrons. The van der Waals surface area contributed by atoms with E-state index < -0.39 is 0 Å². The van der Waals surface area contributed by atoms with Crippen LogP contribution in [-0.2, 0) is 0 Å². The van der Waals surface area contributed by atoms with Crippen molar-refractivity contribution < 1.29 is 9.84 Å². The topological polar surface area (TPSA) is 65.0 Å². The van der Waals surface area contributed by atoms with Gasteiger partial charge in [0.15, 0.2) is 0 Å². The number of hydrogen-bond donors (Lipinski definition) is 1. The van der Waals surface area contributed by atoms with Crippen LogP contribution in [0.3, 0.4) is 0 Å². The molecule has 0 bridgehead atoms. The Labute approximate surface area is 165 Å². The molecule has 4 heterocycles. The number of aliphatic hydroxyl groups excluding tert-OH is 1. The average Bonchev–Trinajstić information content (AvgIpc) is 2.67. The van der Waals surface area contributed by atoms with Crippen molar-refractivity contribution in [2.24, 2.45) is 5.41 Å². The second-order valence-corrected chi connectivity index (χ2v) is 8.36. The minimum atomic E-state index is -0.167. The Morgan fingerprint density at radius 3 is 2.18 bits per heavy atom. The quantitative estimate of drug-likeness (QED) is 0.866. The van der Waals surface area contributed by atoms with Gasteiger partial charge in [-0.25, -0.2) is 9.97 Å². The lowest BCUT2D eigenvalue weighted by molar-refractivity contribution is 0.145. The van der Waals surface area contributed by atoms with Gasteiger partial charge in [-0.2, -0.15) is 0 Å². The summed E-state index contributed by atoms with van der Waals surface area (Å²) >= 11 is 0. The lowest BCUT2D eigenvalue weighted by Crippen LogP contribution is -2.72. The maximum absolute atomic E-state index is 9.71. The highest BCUT2D eigenvalue weighted by Crippen LogP contribution is 2.43. The molecule has 3 saturated heterocycles. The van der Waals surface area contributed by atoms with E-state index in [4.69, 9.17) is 4.74 Å². The molecule has 1 spiro atoms. The lowest BCUT2D eigenvalue weighted by Gasteiger charge is -2.61. The molecule has 3 fully saturated rings. The van der Waals surface area contributed by atoms with Crippen molar-refractivity contribution in [3.63, 3.8) is 0 Å². The van der Waals surface area contributed by atoms with Crippen molar-refractivity contribution in [1.29, 1.82) is 0 Å². The summed E-state index contributed by atoms with van der Waals surface area (Å²) in [6.45, 7) is 6.01. The maximum atomic E-state index is 9.71. The summed E-state index contributed by atoms with van der Waals surface area (Å²) in [6.07, 6.45) is 3.13. The first-order valence-corrected chi connectivity index (χ1v) is 10.0. The highest BCUT2D eigenvalue weighted by Gasteiger charge is 2.52. The maximum Gasteiger partial charge on any atom is 0.134 e. The van der Waals surface area contributed by atoms with Crippen molar-refractivity contribution >= 4 is 17.3 Å². The van der Waals surface area contributed by atoms with Gasteiger partial charge in [0.05, 0.1) is 13.2 Å².